The number of rotatable bonds is 6. The number of urea groups is 1. The van der Waals surface area contributed by atoms with Crippen molar-refractivity contribution in [2.24, 2.45) is 5.92 Å². The van der Waals surface area contributed by atoms with Crippen LogP contribution in [0.1, 0.15) is 32.6 Å². The molecule has 0 aliphatic heterocycles. The number of amides is 2. The highest BCUT2D eigenvalue weighted by Gasteiger charge is 2.29. The molecule has 1 unspecified atom stereocenters. The predicted molar refractivity (Wildman–Crippen MR) is 70.9 cm³/mol. The van der Waals surface area contributed by atoms with Gasteiger partial charge in [0.05, 0.1) is 12.5 Å². The lowest BCUT2D eigenvalue weighted by Gasteiger charge is -2.33. The Morgan fingerprint density at radius 3 is 2.37 bits per heavy atom. The molecule has 0 aromatic carbocycles. The Labute approximate surface area is 114 Å². The van der Waals surface area contributed by atoms with Crippen molar-refractivity contribution in [3.63, 3.8) is 0 Å². The van der Waals surface area contributed by atoms with Crippen molar-refractivity contribution in [3.05, 3.63) is 0 Å². The monoisotopic (exact) mass is 272 g/mol. The van der Waals surface area contributed by atoms with Crippen molar-refractivity contribution in [1.29, 1.82) is 0 Å². The van der Waals surface area contributed by atoms with Gasteiger partial charge in [-0.2, -0.15) is 0 Å². The second kappa shape index (κ2) is 7.33. The summed E-state index contributed by atoms with van der Waals surface area (Å²) in [4.78, 5) is 26.3. The van der Waals surface area contributed by atoms with Crippen LogP contribution in [0.25, 0.3) is 0 Å². The van der Waals surface area contributed by atoms with E-state index in [1.54, 1.807) is 18.9 Å². The molecule has 6 nitrogen and oxygen atoms in total. The Morgan fingerprint density at radius 2 is 1.89 bits per heavy atom. The van der Waals surface area contributed by atoms with E-state index in [-0.39, 0.29) is 25.2 Å². The van der Waals surface area contributed by atoms with Gasteiger partial charge in [0.2, 0.25) is 0 Å². The fraction of sp³-hybridized carbons (Fsp3) is 0.846. The number of aliphatic hydroxyl groups excluding tert-OH is 1. The van der Waals surface area contributed by atoms with Crippen LogP contribution < -0.4 is 0 Å². The van der Waals surface area contributed by atoms with Crippen molar-refractivity contribution >= 4 is 12.0 Å². The van der Waals surface area contributed by atoms with Crippen LogP contribution in [-0.2, 0) is 4.79 Å². The molecule has 0 aromatic heterocycles. The first-order valence-corrected chi connectivity index (χ1v) is 6.82. The zero-order chi connectivity index (χ0) is 14.4. The van der Waals surface area contributed by atoms with Crippen LogP contribution in [0, 0.1) is 5.92 Å². The van der Waals surface area contributed by atoms with Gasteiger partial charge in [-0.15, -0.1) is 0 Å². The Hall–Kier alpha value is -1.30. The largest absolute Gasteiger partial charge is 0.481 e. The minimum Gasteiger partial charge on any atom is -0.481 e. The molecule has 0 bridgehead atoms. The molecule has 6 heteroatoms. The van der Waals surface area contributed by atoms with Gasteiger partial charge in [-0.1, -0.05) is 19.8 Å². The van der Waals surface area contributed by atoms with Crippen LogP contribution in [0.15, 0.2) is 0 Å². The topological polar surface area (TPSA) is 81.1 Å². The van der Waals surface area contributed by atoms with Crippen molar-refractivity contribution in [2.75, 3.05) is 26.7 Å². The Bertz CT molecular complexity index is 316. The van der Waals surface area contributed by atoms with E-state index in [1.807, 2.05) is 0 Å². The number of aliphatic carboxylic acids is 1. The molecule has 0 saturated heterocycles. The van der Waals surface area contributed by atoms with Gasteiger partial charge in [0.1, 0.15) is 0 Å². The number of carbonyl (C=O) groups is 2. The molecule has 1 atom stereocenters. The summed E-state index contributed by atoms with van der Waals surface area (Å²) < 4.78 is 0. The number of hydrogen-bond acceptors (Lipinski definition) is 3. The quantitative estimate of drug-likeness (QED) is 0.755. The molecule has 2 N–H and O–H groups in total. The van der Waals surface area contributed by atoms with E-state index in [0.717, 1.165) is 25.7 Å². The summed E-state index contributed by atoms with van der Waals surface area (Å²) in [6.45, 7) is 2.01. The first-order chi connectivity index (χ1) is 8.97. The lowest BCUT2D eigenvalue weighted by Crippen LogP contribution is -2.48. The van der Waals surface area contributed by atoms with Crippen molar-refractivity contribution in [2.45, 2.75) is 38.6 Å². The van der Waals surface area contributed by atoms with E-state index in [1.165, 1.54) is 4.90 Å². The predicted octanol–water partition coefficient (Wildman–Crippen LogP) is 0.996. The van der Waals surface area contributed by atoms with E-state index in [2.05, 4.69) is 0 Å². The molecular formula is C13H24N2O4. The molecule has 0 radical (unpaired) electrons. The molecule has 1 aliphatic rings. The second-order valence-electron chi connectivity index (χ2n) is 5.26. The number of carbonyl (C=O) groups excluding carboxylic acids is 1. The second-order valence-corrected chi connectivity index (χ2v) is 5.26. The summed E-state index contributed by atoms with van der Waals surface area (Å²) in [6, 6.07) is -0.00344. The summed E-state index contributed by atoms with van der Waals surface area (Å²) >= 11 is 0. The van der Waals surface area contributed by atoms with Gasteiger partial charge in [-0.3, -0.25) is 4.79 Å². The third-order valence-electron chi connectivity index (χ3n) is 3.65. The van der Waals surface area contributed by atoms with Gasteiger partial charge in [-0.25, -0.2) is 4.79 Å². The van der Waals surface area contributed by atoms with Gasteiger partial charge in [-0.05, 0) is 12.8 Å². The van der Waals surface area contributed by atoms with Gasteiger partial charge in [0.15, 0.2) is 0 Å². The molecular weight excluding hydrogens is 248 g/mol. The van der Waals surface area contributed by atoms with E-state index >= 15 is 0 Å². The molecule has 110 valence electrons. The van der Waals surface area contributed by atoms with Crippen LogP contribution >= 0.6 is 0 Å². The summed E-state index contributed by atoms with van der Waals surface area (Å²) in [7, 11) is 1.61. The molecule has 2 amide bonds. The van der Waals surface area contributed by atoms with Crippen molar-refractivity contribution < 1.29 is 19.8 Å². The highest BCUT2D eigenvalue weighted by Crippen LogP contribution is 2.24. The zero-order valence-electron chi connectivity index (χ0n) is 11.7. The van der Waals surface area contributed by atoms with Crippen molar-refractivity contribution in [3.8, 4) is 0 Å². The first-order valence-electron chi connectivity index (χ1n) is 6.82. The summed E-state index contributed by atoms with van der Waals surface area (Å²) in [5.41, 5.74) is 0. The summed E-state index contributed by atoms with van der Waals surface area (Å²) in [5.74, 6) is -1.50. The van der Waals surface area contributed by atoms with E-state index in [4.69, 9.17) is 10.2 Å². The highest BCUT2D eigenvalue weighted by molar-refractivity contribution is 5.76. The van der Waals surface area contributed by atoms with Crippen LogP contribution in [0.4, 0.5) is 4.79 Å². The van der Waals surface area contributed by atoms with Crippen LogP contribution in [0.3, 0.4) is 0 Å². The average Bonchev–Trinajstić information content (AvgIpc) is 2.88. The first kappa shape index (κ1) is 15.8. The third kappa shape index (κ3) is 4.38. The van der Waals surface area contributed by atoms with E-state index in [9.17, 15) is 9.59 Å². The van der Waals surface area contributed by atoms with Crippen LogP contribution in [0.5, 0.6) is 0 Å². The number of carboxylic acids is 1. The molecule has 0 aromatic rings. The molecule has 0 heterocycles. The number of aliphatic hydroxyl groups is 1. The highest BCUT2D eigenvalue weighted by atomic mass is 16.4. The number of carboxylic acid groups (broad SMARTS) is 1. The lowest BCUT2D eigenvalue weighted by atomic mass is 10.1. The van der Waals surface area contributed by atoms with Gasteiger partial charge < -0.3 is 20.0 Å². The maximum absolute atomic E-state index is 12.3. The Morgan fingerprint density at radius 1 is 1.32 bits per heavy atom. The zero-order valence-corrected chi connectivity index (χ0v) is 11.7. The van der Waals surface area contributed by atoms with E-state index in [0.29, 0.717) is 6.54 Å². The third-order valence-corrected chi connectivity index (χ3v) is 3.65. The average molecular weight is 272 g/mol. The van der Waals surface area contributed by atoms with Gasteiger partial charge in [0.25, 0.3) is 0 Å². The number of hydrogen-bond donors (Lipinski definition) is 2. The molecule has 1 rings (SSSR count). The fourth-order valence-corrected chi connectivity index (χ4v) is 2.54. The minimum absolute atomic E-state index is 0.0649. The standard InChI is InChI=1S/C13H24N2O4/c1-10(12(17)18)9-14(2)13(19)15(7-8-16)11-5-3-4-6-11/h10-11,16H,3-9H2,1-2H3,(H,17,18). The molecule has 19 heavy (non-hydrogen) atoms. The maximum atomic E-state index is 12.3. The Balaban J connectivity index is 2.61. The van der Waals surface area contributed by atoms with Gasteiger partial charge in [0, 0.05) is 26.2 Å². The van der Waals surface area contributed by atoms with Crippen LogP contribution in [0.2, 0.25) is 0 Å². The number of nitrogens with zero attached hydrogens (tertiary/aromatic N) is 2. The maximum Gasteiger partial charge on any atom is 0.320 e. The smallest absolute Gasteiger partial charge is 0.320 e. The molecule has 0 spiro atoms. The normalized spacial score (nSPS) is 17.2. The SMILES string of the molecule is CC(CN(C)C(=O)N(CCO)C1CCCC1)C(=O)O. The van der Waals surface area contributed by atoms with Gasteiger partial charge >= 0.3 is 12.0 Å². The Kier molecular flexibility index (Phi) is 6.08. The molecule has 1 aliphatic carbocycles. The summed E-state index contributed by atoms with van der Waals surface area (Å²) in [5, 5.41) is 18.0. The lowest BCUT2D eigenvalue weighted by molar-refractivity contribution is -0.141. The molecule has 1 fully saturated rings. The van der Waals surface area contributed by atoms with Crippen molar-refractivity contribution in [1.82, 2.24) is 9.80 Å². The minimum atomic E-state index is -0.908. The summed E-state index contributed by atoms with van der Waals surface area (Å²) in [6.07, 6.45) is 4.15. The fourth-order valence-electron chi connectivity index (χ4n) is 2.54. The molecule has 1 saturated carbocycles. The van der Waals surface area contributed by atoms with E-state index < -0.39 is 11.9 Å². The van der Waals surface area contributed by atoms with Crippen LogP contribution in [-0.4, -0.2) is 64.8 Å².